The minimum atomic E-state index is -0.743. The number of hydrogen-bond acceptors (Lipinski definition) is 4. The molecule has 1 amide bonds. The van der Waals surface area contributed by atoms with Gasteiger partial charge in [0.15, 0.2) is 0 Å². The lowest BCUT2D eigenvalue weighted by molar-refractivity contribution is 0.0775. The molecule has 0 saturated carbocycles. The molecule has 1 aliphatic heterocycles. The van der Waals surface area contributed by atoms with Crippen molar-refractivity contribution in [3.05, 3.63) is 29.6 Å². The molecule has 0 aliphatic carbocycles. The minimum absolute atomic E-state index is 0.150. The van der Waals surface area contributed by atoms with Crippen molar-refractivity contribution in [1.82, 2.24) is 10.6 Å². The summed E-state index contributed by atoms with van der Waals surface area (Å²) < 4.78 is 18.7. The van der Waals surface area contributed by atoms with Crippen molar-refractivity contribution >= 4 is 5.91 Å². The number of rotatable bonds is 3. The van der Waals surface area contributed by atoms with Gasteiger partial charge < -0.3 is 20.5 Å². The Morgan fingerprint density at radius 3 is 3.00 bits per heavy atom. The normalized spacial score (nSPS) is 23.0. The summed E-state index contributed by atoms with van der Waals surface area (Å²) in [5, 5.41) is 15.2. The van der Waals surface area contributed by atoms with Gasteiger partial charge in [-0.2, -0.15) is 0 Å². The molecule has 2 atom stereocenters. The van der Waals surface area contributed by atoms with E-state index in [0.29, 0.717) is 13.1 Å². The Morgan fingerprint density at radius 2 is 2.33 bits per heavy atom. The number of amides is 1. The summed E-state index contributed by atoms with van der Waals surface area (Å²) in [5.41, 5.74) is -0.334. The molecule has 0 aromatic heterocycles. The summed E-state index contributed by atoms with van der Waals surface area (Å²) in [6.07, 6.45) is -0.150. The molecule has 98 valence electrons. The van der Waals surface area contributed by atoms with Crippen LogP contribution in [0.3, 0.4) is 0 Å². The van der Waals surface area contributed by atoms with E-state index < -0.39 is 11.7 Å². The Balaban J connectivity index is 2.12. The highest BCUT2D eigenvalue weighted by molar-refractivity contribution is 5.97. The quantitative estimate of drug-likeness (QED) is 0.723. The van der Waals surface area contributed by atoms with Gasteiger partial charge in [0.1, 0.15) is 17.1 Å². The molecule has 0 spiro atoms. The highest BCUT2D eigenvalue weighted by atomic mass is 19.1. The first-order chi connectivity index (χ1) is 8.63. The van der Waals surface area contributed by atoms with Gasteiger partial charge in [0, 0.05) is 20.2 Å². The summed E-state index contributed by atoms with van der Waals surface area (Å²) in [6, 6.07) is 3.52. The number of methoxy groups -OCH3 is 1. The van der Waals surface area contributed by atoms with E-state index in [2.05, 4.69) is 10.6 Å². The van der Waals surface area contributed by atoms with Crippen LogP contribution in [-0.2, 0) is 4.74 Å². The van der Waals surface area contributed by atoms with E-state index in [1.807, 2.05) is 0 Å². The maximum atomic E-state index is 13.5. The van der Waals surface area contributed by atoms with Gasteiger partial charge in [-0.15, -0.1) is 0 Å². The van der Waals surface area contributed by atoms with Gasteiger partial charge in [-0.05, 0) is 12.1 Å². The van der Waals surface area contributed by atoms with Crippen LogP contribution in [0.4, 0.5) is 4.39 Å². The second-order valence-electron chi connectivity index (χ2n) is 4.15. The molecule has 1 unspecified atom stereocenters. The molecule has 5 nitrogen and oxygen atoms in total. The molecule has 2 rings (SSSR count). The highest BCUT2D eigenvalue weighted by Gasteiger charge is 2.29. The van der Waals surface area contributed by atoms with Crippen LogP contribution >= 0.6 is 0 Å². The number of phenols is 1. The summed E-state index contributed by atoms with van der Waals surface area (Å²) in [4.78, 5) is 11.9. The predicted molar refractivity (Wildman–Crippen MR) is 63.0 cm³/mol. The smallest absolute Gasteiger partial charge is 0.258 e. The van der Waals surface area contributed by atoms with E-state index in [0.717, 1.165) is 6.07 Å². The summed E-state index contributed by atoms with van der Waals surface area (Å²) in [5.74, 6) is -1.75. The van der Waals surface area contributed by atoms with E-state index in [9.17, 15) is 14.3 Å². The van der Waals surface area contributed by atoms with Crippen LogP contribution in [0.1, 0.15) is 10.4 Å². The Bertz CT molecular complexity index is 433. The fourth-order valence-electron chi connectivity index (χ4n) is 2.02. The molecule has 1 aromatic carbocycles. The minimum Gasteiger partial charge on any atom is -0.507 e. The molecule has 0 radical (unpaired) electrons. The van der Waals surface area contributed by atoms with Crippen molar-refractivity contribution in [2.24, 2.45) is 0 Å². The van der Waals surface area contributed by atoms with Gasteiger partial charge in [-0.3, -0.25) is 4.79 Å². The van der Waals surface area contributed by atoms with Gasteiger partial charge in [-0.1, -0.05) is 6.07 Å². The number of carbonyl (C=O) groups excluding carboxylic acids is 1. The molecular weight excluding hydrogens is 239 g/mol. The first-order valence-corrected chi connectivity index (χ1v) is 5.65. The zero-order chi connectivity index (χ0) is 13.1. The van der Waals surface area contributed by atoms with Crippen LogP contribution in [0.15, 0.2) is 18.2 Å². The predicted octanol–water partition coefficient (Wildman–Crippen LogP) is 0.248. The third-order valence-corrected chi connectivity index (χ3v) is 3.00. The number of ether oxygens (including phenoxy) is 1. The van der Waals surface area contributed by atoms with Crippen molar-refractivity contribution < 1.29 is 19.0 Å². The lowest BCUT2D eigenvalue weighted by atomic mass is 10.1. The van der Waals surface area contributed by atoms with Gasteiger partial charge in [0.25, 0.3) is 5.91 Å². The molecule has 1 fully saturated rings. The third kappa shape index (κ3) is 2.44. The number of carbonyl (C=O) groups is 1. The number of nitrogens with one attached hydrogen (secondary N) is 2. The second-order valence-corrected chi connectivity index (χ2v) is 4.15. The van der Waals surface area contributed by atoms with Crippen molar-refractivity contribution in [3.63, 3.8) is 0 Å². The first kappa shape index (κ1) is 12.8. The number of phenolic OH excluding ortho intramolecular Hbond substituents is 1. The van der Waals surface area contributed by atoms with Crippen molar-refractivity contribution in [1.29, 1.82) is 0 Å². The Labute approximate surface area is 104 Å². The first-order valence-electron chi connectivity index (χ1n) is 5.65. The van der Waals surface area contributed by atoms with Crippen LogP contribution < -0.4 is 10.6 Å². The molecular formula is C12H15FN2O3. The van der Waals surface area contributed by atoms with Gasteiger partial charge in [-0.25, -0.2) is 4.39 Å². The Kier molecular flexibility index (Phi) is 3.78. The van der Waals surface area contributed by atoms with Crippen molar-refractivity contribution in [2.45, 2.75) is 12.1 Å². The lowest BCUT2D eigenvalue weighted by Crippen LogP contribution is -2.43. The third-order valence-electron chi connectivity index (χ3n) is 3.00. The van der Waals surface area contributed by atoms with Crippen molar-refractivity contribution in [2.75, 3.05) is 20.2 Å². The fraction of sp³-hybridized carbons (Fsp3) is 0.417. The molecule has 1 saturated heterocycles. The number of aromatic hydroxyl groups is 1. The van der Waals surface area contributed by atoms with Crippen LogP contribution in [0.25, 0.3) is 0 Å². The molecule has 3 N–H and O–H groups in total. The largest absolute Gasteiger partial charge is 0.507 e. The van der Waals surface area contributed by atoms with Crippen LogP contribution in [-0.4, -0.2) is 43.4 Å². The Hall–Kier alpha value is -1.66. The van der Waals surface area contributed by atoms with Crippen LogP contribution in [0.2, 0.25) is 0 Å². The standard InChI is InChI=1S/C12H15FN2O3/c1-18-10-6-14-5-8(10)15-12(17)11-7(13)3-2-4-9(11)16/h2-4,8,10,14,16H,5-6H2,1H3,(H,15,17)/t8?,10-/m0/s1. The van der Waals surface area contributed by atoms with E-state index in [1.54, 1.807) is 7.11 Å². The lowest BCUT2D eigenvalue weighted by Gasteiger charge is -2.18. The number of benzene rings is 1. The topological polar surface area (TPSA) is 70.6 Å². The van der Waals surface area contributed by atoms with E-state index in [4.69, 9.17) is 4.74 Å². The number of halogens is 1. The van der Waals surface area contributed by atoms with E-state index in [1.165, 1.54) is 12.1 Å². The summed E-state index contributed by atoms with van der Waals surface area (Å²) in [6.45, 7) is 1.18. The van der Waals surface area contributed by atoms with Crippen LogP contribution in [0.5, 0.6) is 5.75 Å². The molecule has 1 aromatic rings. The maximum Gasteiger partial charge on any atom is 0.258 e. The zero-order valence-electron chi connectivity index (χ0n) is 9.94. The Morgan fingerprint density at radius 1 is 1.56 bits per heavy atom. The SMILES string of the molecule is CO[C@H]1CNCC1NC(=O)c1c(O)cccc1F. The van der Waals surface area contributed by atoms with Crippen molar-refractivity contribution in [3.8, 4) is 5.75 Å². The second kappa shape index (κ2) is 5.32. The summed E-state index contributed by atoms with van der Waals surface area (Å²) in [7, 11) is 1.55. The number of hydrogen-bond donors (Lipinski definition) is 3. The van der Waals surface area contributed by atoms with Gasteiger partial charge >= 0.3 is 0 Å². The maximum absolute atomic E-state index is 13.5. The van der Waals surface area contributed by atoms with E-state index >= 15 is 0 Å². The molecule has 1 heterocycles. The van der Waals surface area contributed by atoms with Gasteiger partial charge in [0.2, 0.25) is 0 Å². The molecule has 0 bridgehead atoms. The monoisotopic (exact) mass is 254 g/mol. The molecule has 6 heteroatoms. The average molecular weight is 254 g/mol. The van der Waals surface area contributed by atoms with Gasteiger partial charge in [0.05, 0.1) is 12.1 Å². The van der Waals surface area contributed by atoms with Crippen LogP contribution in [0, 0.1) is 5.82 Å². The van der Waals surface area contributed by atoms with E-state index in [-0.39, 0.29) is 23.5 Å². The average Bonchev–Trinajstić information content (AvgIpc) is 2.76. The fourth-order valence-corrected chi connectivity index (χ4v) is 2.02. The molecule has 1 aliphatic rings. The zero-order valence-corrected chi connectivity index (χ0v) is 9.94. The summed E-state index contributed by atoms with van der Waals surface area (Å²) >= 11 is 0. The molecule has 18 heavy (non-hydrogen) atoms. The highest BCUT2D eigenvalue weighted by Crippen LogP contribution is 2.20.